The minimum atomic E-state index is -0.432. The summed E-state index contributed by atoms with van der Waals surface area (Å²) in [6.07, 6.45) is 0.497. The molecule has 2 rings (SSSR count). The summed E-state index contributed by atoms with van der Waals surface area (Å²) in [6.45, 7) is 6.77. The molecule has 0 spiro atoms. The molecule has 0 aliphatic heterocycles. The fourth-order valence-corrected chi connectivity index (χ4v) is 2.64. The van der Waals surface area contributed by atoms with E-state index in [1.165, 1.54) is 10.8 Å². The van der Waals surface area contributed by atoms with Crippen LogP contribution in [0.25, 0.3) is 10.8 Å². The van der Waals surface area contributed by atoms with E-state index in [9.17, 15) is 5.11 Å². The second-order valence-electron chi connectivity index (χ2n) is 6.24. The van der Waals surface area contributed by atoms with Gasteiger partial charge in [-0.25, -0.2) is 0 Å². The van der Waals surface area contributed by atoms with Crippen LogP contribution in [0.5, 0.6) is 0 Å². The van der Waals surface area contributed by atoms with Gasteiger partial charge in [-0.15, -0.1) is 0 Å². The zero-order chi connectivity index (χ0) is 14.8. The lowest BCUT2D eigenvalue weighted by Gasteiger charge is -2.35. The lowest BCUT2D eigenvalue weighted by Crippen LogP contribution is -2.37. The first-order valence-corrected chi connectivity index (χ1v) is 7.36. The topological polar surface area (TPSA) is 46.2 Å². The fourth-order valence-electron chi connectivity index (χ4n) is 2.64. The van der Waals surface area contributed by atoms with Gasteiger partial charge in [0, 0.05) is 12.5 Å². The van der Waals surface area contributed by atoms with Crippen molar-refractivity contribution in [2.75, 3.05) is 6.54 Å². The highest BCUT2D eigenvalue weighted by Gasteiger charge is 2.32. The highest BCUT2D eigenvalue weighted by molar-refractivity contribution is 5.83. The molecule has 108 valence electrons. The summed E-state index contributed by atoms with van der Waals surface area (Å²) < 4.78 is 0. The molecule has 0 saturated heterocycles. The first-order valence-electron chi connectivity index (χ1n) is 7.36. The molecule has 3 N–H and O–H groups in total. The van der Waals surface area contributed by atoms with E-state index in [0.29, 0.717) is 6.54 Å². The Morgan fingerprint density at radius 2 is 1.75 bits per heavy atom. The fraction of sp³-hybridized carbons (Fsp3) is 0.444. The molecule has 0 aliphatic carbocycles. The second kappa shape index (κ2) is 5.94. The highest BCUT2D eigenvalue weighted by Crippen LogP contribution is 2.35. The molecule has 0 fully saturated rings. The third-order valence-corrected chi connectivity index (χ3v) is 4.55. The van der Waals surface area contributed by atoms with Gasteiger partial charge in [0.05, 0.1) is 6.10 Å². The Bertz CT molecular complexity index is 576. The molecule has 0 bridgehead atoms. The maximum absolute atomic E-state index is 10.7. The summed E-state index contributed by atoms with van der Waals surface area (Å²) in [4.78, 5) is 0. The van der Waals surface area contributed by atoms with E-state index < -0.39 is 6.10 Å². The van der Waals surface area contributed by atoms with Gasteiger partial charge in [0.25, 0.3) is 0 Å². The van der Waals surface area contributed by atoms with E-state index >= 15 is 0 Å². The predicted molar refractivity (Wildman–Crippen MR) is 85.8 cm³/mol. The number of hydrogen-bond acceptors (Lipinski definition) is 2. The van der Waals surface area contributed by atoms with Crippen LogP contribution >= 0.6 is 0 Å². The van der Waals surface area contributed by atoms with E-state index in [1.807, 2.05) is 12.1 Å². The third kappa shape index (κ3) is 2.87. The van der Waals surface area contributed by atoms with Crippen molar-refractivity contribution in [3.05, 3.63) is 48.0 Å². The Kier molecular flexibility index (Phi) is 4.46. The quantitative estimate of drug-likeness (QED) is 0.871. The van der Waals surface area contributed by atoms with Crippen molar-refractivity contribution in [2.24, 2.45) is 11.1 Å². The molecule has 20 heavy (non-hydrogen) atoms. The number of hydrogen-bond donors (Lipinski definition) is 2. The summed E-state index contributed by atoms with van der Waals surface area (Å²) in [5.74, 6) is -0.0189. The Labute approximate surface area is 121 Å². The van der Waals surface area contributed by atoms with Crippen LogP contribution in [0.15, 0.2) is 42.5 Å². The van der Waals surface area contributed by atoms with Gasteiger partial charge in [-0.2, -0.15) is 0 Å². The van der Waals surface area contributed by atoms with Crippen LogP contribution in [-0.2, 0) is 0 Å². The first kappa shape index (κ1) is 15.0. The van der Waals surface area contributed by atoms with Gasteiger partial charge in [0.1, 0.15) is 0 Å². The largest absolute Gasteiger partial charge is 0.392 e. The van der Waals surface area contributed by atoms with Gasteiger partial charge in [-0.1, -0.05) is 63.2 Å². The van der Waals surface area contributed by atoms with Crippen molar-refractivity contribution < 1.29 is 5.11 Å². The van der Waals surface area contributed by atoms with Crippen LogP contribution in [0.1, 0.15) is 38.7 Å². The number of aliphatic hydroxyl groups excluding tert-OH is 1. The van der Waals surface area contributed by atoms with Crippen molar-refractivity contribution in [3.63, 3.8) is 0 Å². The number of benzene rings is 2. The van der Waals surface area contributed by atoms with E-state index in [-0.39, 0.29) is 11.3 Å². The van der Waals surface area contributed by atoms with Gasteiger partial charge in [0.2, 0.25) is 0 Å². The Morgan fingerprint density at radius 3 is 2.35 bits per heavy atom. The summed E-state index contributed by atoms with van der Waals surface area (Å²) in [5, 5.41) is 13.1. The van der Waals surface area contributed by atoms with Gasteiger partial charge in [-0.05, 0) is 28.2 Å². The number of aliphatic hydroxyl groups is 1. The monoisotopic (exact) mass is 271 g/mol. The molecule has 2 aromatic rings. The van der Waals surface area contributed by atoms with Gasteiger partial charge in [-0.3, -0.25) is 0 Å². The molecule has 2 aromatic carbocycles. The minimum absolute atomic E-state index is 0.0189. The van der Waals surface area contributed by atoms with Crippen molar-refractivity contribution >= 4 is 10.8 Å². The van der Waals surface area contributed by atoms with Crippen LogP contribution < -0.4 is 5.73 Å². The molecule has 0 aliphatic rings. The lowest BCUT2D eigenvalue weighted by atomic mass is 9.75. The van der Waals surface area contributed by atoms with Crippen LogP contribution in [0.4, 0.5) is 0 Å². The molecule has 0 aromatic heterocycles. The average molecular weight is 271 g/mol. The molecule has 2 unspecified atom stereocenters. The molecular weight excluding hydrogens is 246 g/mol. The van der Waals surface area contributed by atoms with Gasteiger partial charge < -0.3 is 10.8 Å². The molecule has 2 heteroatoms. The van der Waals surface area contributed by atoms with E-state index in [2.05, 4.69) is 51.1 Å². The minimum Gasteiger partial charge on any atom is -0.392 e. The van der Waals surface area contributed by atoms with Crippen molar-refractivity contribution in [3.8, 4) is 0 Å². The normalized spacial score (nSPS) is 15.2. The SMILES string of the molecule is CCC(C)(C)C(O)C(CN)c1ccc2ccccc2c1. The molecule has 2 nitrogen and oxygen atoms in total. The molecule has 0 amide bonds. The summed E-state index contributed by atoms with van der Waals surface area (Å²) in [7, 11) is 0. The molecule has 0 radical (unpaired) electrons. The smallest absolute Gasteiger partial charge is 0.0671 e. The van der Waals surface area contributed by atoms with Crippen LogP contribution in [0.3, 0.4) is 0 Å². The Hall–Kier alpha value is -1.38. The average Bonchev–Trinajstić information content (AvgIpc) is 2.47. The lowest BCUT2D eigenvalue weighted by molar-refractivity contribution is 0.0265. The number of nitrogens with two attached hydrogens (primary N) is 1. The number of rotatable bonds is 5. The van der Waals surface area contributed by atoms with Crippen molar-refractivity contribution in [1.29, 1.82) is 0 Å². The van der Waals surface area contributed by atoms with Gasteiger partial charge >= 0.3 is 0 Å². The summed E-state index contributed by atoms with van der Waals surface area (Å²) >= 11 is 0. The third-order valence-electron chi connectivity index (χ3n) is 4.55. The van der Waals surface area contributed by atoms with Crippen molar-refractivity contribution in [1.82, 2.24) is 0 Å². The maximum atomic E-state index is 10.7. The number of fused-ring (bicyclic) bond motifs is 1. The first-order chi connectivity index (χ1) is 9.49. The van der Waals surface area contributed by atoms with Crippen molar-refractivity contribution in [2.45, 2.75) is 39.2 Å². The zero-order valence-corrected chi connectivity index (χ0v) is 12.6. The molecule has 2 atom stereocenters. The standard InChI is InChI=1S/C18H25NO/c1-4-18(2,3)17(20)16(12-19)15-10-9-13-7-5-6-8-14(13)11-15/h5-11,16-17,20H,4,12,19H2,1-3H3. The zero-order valence-electron chi connectivity index (χ0n) is 12.6. The molecule has 0 saturated carbocycles. The Morgan fingerprint density at radius 1 is 1.10 bits per heavy atom. The molecular formula is C18H25NO. The van der Waals surface area contributed by atoms with E-state index in [1.54, 1.807) is 0 Å². The van der Waals surface area contributed by atoms with E-state index in [4.69, 9.17) is 5.73 Å². The molecule has 0 heterocycles. The summed E-state index contributed by atoms with van der Waals surface area (Å²) in [5.41, 5.74) is 6.94. The Balaban J connectivity index is 2.39. The van der Waals surface area contributed by atoms with Crippen LogP contribution in [0, 0.1) is 5.41 Å². The highest BCUT2D eigenvalue weighted by atomic mass is 16.3. The second-order valence-corrected chi connectivity index (χ2v) is 6.24. The van der Waals surface area contributed by atoms with Gasteiger partial charge in [0.15, 0.2) is 0 Å². The van der Waals surface area contributed by atoms with E-state index in [0.717, 1.165) is 12.0 Å². The summed E-state index contributed by atoms with van der Waals surface area (Å²) in [6, 6.07) is 14.6. The van der Waals surface area contributed by atoms with Crippen LogP contribution in [-0.4, -0.2) is 17.8 Å². The predicted octanol–water partition coefficient (Wildman–Crippen LogP) is 3.68. The van der Waals surface area contributed by atoms with Crippen LogP contribution in [0.2, 0.25) is 0 Å². The maximum Gasteiger partial charge on any atom is 0.0671 e.